The van der Waals surface area contributed by atoms with Gasteiger partial charge in [0.2, 0.25) is 10.0 Å². The third-order valence-electron chi connectivity index (χ3n) is 10.4. The maximum atomic E-state index is 15.4. The van der Waals surface area contributed by atoms with Crippen LogP contribution in [0.5, 0.6) is 0 Å². The third kappa shape index (κ3) is 9.58. The van der Waals surface area contributed by atoms with E-state index in [1.165, 1.54) is 0 Å². The van der Waals surface area contributed by atoms with E-state index in [0.29, 0.717) is 16.2 Å². The molecule has 0 radical (unpaired) electrons. The van der Waals surface area contributed by atoms with Crippen molar-refractivity contribution in [3.05, 3.63) is 53.5 Å². The first-order valence-corrected chi connectivity index (χ1v) is 25.8. The van der Waals surface area contributed by atoms with Gasteiger partial charge in [0.25, 0.3) is 0 Å². The summed E-state index contributed by atoms with van der Waals surface area (Å²) in [5.41, 5.74) is 0. The predicted molar refractivity (Wildman–Crippen MR) is 206 cm³/mol. The molecule has 0 bridgehead atoms. The van der Waals surface area contributed by atoms with Crippen molar-refractivity contribution in [1.29, 1.82) is 0 Å². The maximum absolute atomic E-state index is 15.4. The highest BCUT2D eigenvalue weighted by Crippen LogP contribution is 2.42. The highest BCUT2D eigenvalue weighted by Gasteiger charge is 2.46. The largest absolute Gasteiger partial charge is 0.415 e. The zero-order valence-corrected chi connectivity index (χ0v) is 35.9. The molecular formula is C36H66N2O5S2Si2. The van der Waals surface area contributed by atoms with Crippen LogP contribution >= 0.6 is 0 Å². The molecule has 1 aliphatic heterocycles. The van der Waals surface area contributed by atoms with Crippen LogP contribution in [0.15, 0.2) is 62.7 Å². The molecule has 0 aliphatic carbocycles. The van der Waals surface area contributed by atoms with E-state index in [4.69, 9.17) is 8.85 Å². The van der Waals surface area contributed by atoms with E-state index in [1.54, 1.807) is 32.1 Å². The lowest BCUT2D eigenvalue weighted by molar-refractivity contribution is 0.143. The van der Waals surface area contributed by atoms with Crippen molar-refractivity contribution in [1.82, 2.24) is 4.31 Å². The Labute approximate surface area is 291 Å². The van der Waals surface area contributed by atoms with Crippen molar-refractivity contribution in [3.63, 3.8) is 0 Å². The number of hydrogen-bond donors (Lipinski definition) is 0. The summed E-state index contributed by atoms with van der Waals surface area (Å²) in [6, 6.07) is 8.87. The van der Waals surface area contributed by atoms with Crippen LogP contribution in [0.2, 0.25) is 36.3 Å². The summed E-state index contributed by atoms with van der Waals surface area (Å²) in [5.74, 6) is -0.348. The molecule has 47 heavy (non-hydrogen) atoms. The van der Waals surface area contributed by atoms with Crippen LogP contribution in [0, 0.1) is 11.8 Å². The monoisotopic (exact) mass is 726 g/mol. The molecule has 0 saturated carbocycles. The molecule has 0 amide bonds. The fourth-order valence-electron chi connectivity index (χ4n) is 5.08. The SMILES string of the molecule is CN=S(=O)(/C1=C/C(C(C)C)[C@@H](CO[Si](C)(C)C(C)(C)C)N(S(=O)(=O)C(C)(C)C)C/C=C/C[C@H]1O[Si](C)(C)C(C)(C)C)c1ccccc1. The van der Waals surface area contributed by atoms with Gasteiger partial charge < -0.3 is 8.85 Å². The summed E-state index contributed by atoms with van der Waals surface area (Å²) < 4.78 is 63.5. The standard InChI is InChI=1S/C36H66N2O5S2Si2/c1-28(2)30-26-33(44(39,37-12)29-22-18-17-19-23-29)32(43-47(15,16)36(9,10)11)24-20-21-25-38(45(40,41)34(3,4)5)31(30)27-42-46(13,14)35(6,7)8/h17-23,26,28,30-32H,24-25,27H2,1-16H3/b21-20+,33-26+/t30?,31-,32-,44?/m1/s1. The molecular weight excluding hydrogens is 661 g/mol. The van der Waals surface area contributed by atoms with Gasteiger partial charge in [-0.05, 0) is 87.4 Å². The molecule has 0 fully saturated rings. The van der Waals surface area contributed by atoms with E-state index in [0.717, 1.165) is 0 Å². The zero-order valence-electron chi connectivity index (χ0n) is 32.3. The van der Waals surface area contributed by atoms with Gasteiger partial charge in [-0.3, -0.25) is 0 Å². The summed E-state index contributed by atoms with van der Waals surface area (Å²) in [6.45, 7) is 32.0. The Bertz CT molecular complexity index is 1490. The van der Waals surface area contributed by atoms with Crippen LogP contribution in [0.4, 0.5) is 0 Å². The summed E-state index contributed by atoms with van der Waals surface area (Å²) >= 11 is 0. The molecule has 0 spiro atoms. The van der Waals surface area contributed by atoms with E-state index in [2.05, 4.69) is 92.0 Å². The minimum absolute atomic E-state index is 0.0103. The highest BCUT2D eigenvalue weighted by atomic mass is 32.2. The Morgan fingerprint density at radius 1 is 0.872 bits per heavy atom. The fourth-order valence-corrected chi connectivity index (χ4v) is 11.1. The number of hydrogen-bond acceptors (Lipinski definition) is 6. The lowest BCUT2D eigenvalue weighted by Gasteiger charge is -2.44. The topological polar surface area (TPSA) is 85.3 Å². The van der Waals surface area contributed by atoms with Gasteiger partial charge in [0.05, 0.1) is 33.3 Å². The lowest BCUT2D eigenvalue weighted by atomic mass is 9.87. The zero-order chi connectivity index (χ0) is 36.4. The average Bonchev–Trinajstić information content (AvgIpc) is 2.92. The second kappa shape index (κ2) is 15.0. The molecule has 270 valence electrons. The Balaban J connectivity index is 3.06. The summed E-state index contributed by atoms with van der Waals surface area (Å²) in [4.78, 5) is 1.24. The predicted octanol–water partition coefficient (Wildman–Crippen LogP) is 9.47. The van der Waals surface area contributed by atoms with Gasteiger partial charge in [-0.1, -0.05) is 91.8 Å². The first-order chi connectivity index (χ1) is 21.1. The second-order valence-electron chi connectivity index (χ2n) is 17.3. The molecule has 0 saturated heterocycles. The molecule has 2 unspecified atom stereocenters. The van der Waals surface area contributed by atoms with E-state index in [-0.39, 0.29) is 35.1 Å². The van der Waals surface area contributed by atoms with Crippen LogP contribution < -0.4 is 0 Å². The Kier molecular flexibility index (Phi) is 13.5. The van der Waals surface area contributed by atoms with E-state index >= 15 is 4.21 Å². The van der Waals surface area contributed by atoms with Crippen LogP contribution in [-0.2, 0) is 28.6 Å². The minimum atomic E-state index is -3.79. The molecule has 1 heterocycles. The lowest BCUT2D eigenvalue weighted by Crippen LogP contribution is -2.55. The Morgan fingerprint density at radius 3 is 1.85 bits per heavy atom. The second-order valence-corrected chi connectivity index (χ2v) is 31.9. The van der Waals surface area contributed by atoms with Gasteiger partial charge in [-0.25, -0.2) is 17.0 Å². The van der Waals surface area contributed by atoms with Gasteiger partial charge in [-0.15, -0.1) is 0 Å². The third-order valence-corrected chi connectivity index (χ3v) is 24.5. The Morgan fingerprint density at radius 2 is 1.40 bits per heavy atom. The molecule has 0 aromatic heterocycles. The van der Waals surface area contributed by atoms with Crippen molar-refractivity contribution >= 4 is 36.4 Å². The molecule has 1 aromatic rings. The van der Waals surface area contributed by atoms with E-state index in [9.17, 15) is 8.42 Å². The first kappa shape index (κ1) is 42.1. The van der Waals surface area contributed by atoms with Crippen molar-refractivity contribution in [2.45, 2.75) is 141 Å². The number of benzene rings is 1. The number of rotatable bonds is 9. The highest BCUT2D eigenvalue weighted by molar-refractivity contribution is 7.97. The maximum Gasteiger partial charge on any atom is 0.219 e. The molecule has 2 rings (SSSR count). The summed E-state index contributed by atoms with van der Waals surface area (Å²) in [6.07, 6.45) is 5.97. The van der Waals surface area contributed by atoms with Gasteiger partial charge in [-0.2, -0.15) is 4.31 Å². The van der Waals surface area contributed by atoms with Crippen molar-refractivity contribution in [2.24, 2.45) is 16.2 Å². The van der Waals surface area contributed by atoms with Gasteiger partial charge in [0, 0.05) is 13.6 Å². The smallest absolute Gasteiger partial charge is 0.219 e. The number of nitrogens with zero attached hydrogens (tertiary/aromatic N) is 2. The molecule has 1 aliphatic rings. The van der Waals surface area contributed by atoms with Crippen LogP contribution in [0.3, 0.4) is 0 Å². The molecule has 0 N–H and O–H groups in total. The van der Waals surface area contributed by atoms with Gasteiger partial charge >= 0.3 is 0 Å². The van der Waals surface area contributed by atoms with Crippen LogP contribution in [-0.4, -0.2) is 70.7 Å². The number of sulfonamides is 1. The Hall–Kier alpha value is -1.09. The van der Waals surface area contributed by atoms with Crippen LogP contribution in [0.1, 0.15) is 82.6 Å². The molecule has 11 heteroatoms. The average molecular weight is 727 g/mol. The minimum Gasteiger partial charge on any atom is -0.415 e. The van der Waals surface area contributed by atoms with E-state index in [1.807, 2.05) is 42.5 Å². The van der Waals surface area contributed by atoms with Gasteiger partial charge in [0.15, 0.2) is 16.6 Å². The molecule has 7 nitrogen and oxygen atoms in total. The van der Waals surface area contributed by atoms with Crippen molar-refractivity contribution in [3.8, 4) is 0 Å². The first-order valence-electron chi connectivity index (χ1n) is 17.0. The normalized spacial score (nSPS) is 24.7. The van der Waals surface area contributed by atoms with E-state index < -0.39 is 53.3 Å². The fraction of sp³-hybridized carbons (Fsp3) is 0.722. The summed E-state index contributed by atoms with van der Waals surface area (Å²) in [7, 11) is -9.93. The quantitative estimate of drug-likeness (QED) is 0.187. The molecule has 1 aromatic carbocycles. The summed E-state index contributed by atoms with van der Waals surface area (Å²) in [5, 5.41) is -0.140. The van der Waals surface area contributed by atoms with Gasteiger partial charge in [0.1, 0.15) is 9.73 Å². The van der Waals surface area contributed by atoms with Crippen LogP contribution in [0.25, 0.3) is 0 Å². The van der Waals surface area contributed by atoms with Crippen molar-refractivity contribution < 1.29 is 21.5 Å². The molecule has 4 atom stereocenters. The van der Waals surface area contributed by atoms with Crippen molar-refractivity contribution in [2.75, 3.05) is 20.2 Å².